The molecule has 2 fully saturated rings. The minimum Gasteiger partial charge on any atom is -0.381 e. The van der Waals surface area contributed by atoms with Crippen molar-refractivity contribution in [3.05, 3.63) is 33.8 Å². The van der Waals surface area contributed by atoms with Gasteiger partial charge < -0.3 is 19.9 Å². The van der Waals surface area contributed by atoms with Crippen LogP contribution in [0.1, 0.15) is 32.3 Å². The van der Waals surface area contributed by atoms with Crippen LogP contribution in [0.2, 0.25) is 10.0 Å². The monoisotopic (exact) mass is 441 g/mol. The highest BCUT2D eigenvalue weighted by molar-refractivity contribution is 6.35. The first kappa shape index (κ1) is 22.3. The third kappa shape index (κ3) is 5.23. The average molecular weight is 442 g/mol. The summed E-state index contributed by atoms with van der Waals surface area (Å²) < 4.78 is 5.58. The average Bonchev–Trinajstić information content (AvgIpc) is 2.72. The predicted molar refractivity (Wildman–Crippen MR) is 114 cm³/mol. The molecule has 2 aliphatic rings. The van der Waals surface area contributed by atoms with Gasteiger partial charge in [-0.1, -0.05) is 29.3 Å². The van der Waals surface area contributed by atoms with E-state index in [0.29, 0.717) is 56.0 Å². The number of nitrogens with zero attached hydrogens (tertiary/aromatic N) is 2. The molecule has 1 aromatic carbocycles. The summed E-state index contributed by atoms with van der Waals surface area (Å²) in [7, 11) is 0. The number of nitrogens with one attached hydrogen (secondary N) is 1. The molecule has 0 aliphatic carbocycles. The van der Waals surface area contributed by atoms with Crippen molar-refractivity contribution < 1.29 is 14.3 Å². The molecule has 0 saturated carbocycles. The lowest BCUT2D eigenvalue weighted by molar-refractivity contribution is -0.139. The van der Waals surface area contributed by atoms with Crippen molar-refractivity contribution in [3.63, 3.8) is 0 Å². The summed E-state index contributed by atoms with van der Waals surface area (Å²) in [5.41, 5.74) is 0.857. The van der Waals surface area contributed by atoms with Crippen molar-refractivity contribution in [1.82, 2.24) is 15.1 Å². The maximum atomic E-state index is 12.9. The molecule has 1 unspecified atom stereocenters. The number of hydrogen-bond donors (Lipinski definition) is 1. The van der Waals surface area contributed by atoms with Gasteiger partial charge in [0.1, 0.15) is 0 Å². The van der Waals surface area contributed by atoms with Crippen molar-refractivity contribution in [3.8, 4) is 0 Å². The highest BCUT2D eigenvalue weighted by Gasteiger charge is 2.37. The van der Waals surface area contributed by atoms with Gasteiger partial charge in [-0.05, 0) is 37.5 Å². The first-order chi connectivity index (χ1) is 13.8. The second kappa shape index (κ2) is 9.65. The predicted octanol–water partition coefficient (Wildman–Crippen LogP) is 2.71. The number of benzene rings is 1. The van der Waals surface area contributed by atoms with Crippen LogP contribution in [0.4, 0.5) is 0 Å². The van der Waals surface area contributed by atoms with Gasteiger partial charge in [0.05, 0.1) is 6.04 Å². The maximum Gasteiger partial charge on any atom is 0.239 e. The minimum atomic E-state index is -0.315. The smallest absolute Gasteiger partial charge is 0.239 e. The lowest BCUT2D eigenvalue weighted by atomic mass is 9.74. The SMILES string of the molecule is CC(=O)N1CCN(C(=O)C(C)NCC2(c3ccc(Cl)cc3Cl)CCOCC2)CC1. The van der Waals surface area contributed by atoms with E-state index >= 15 is 0 Å². The Hall–Kier alpha value is -1.34. The van der Waals surface area contributed by atoms with Crippen LogP contribution >= 0.6 is 23.2 Å². The summed E-state index contributed by atoms with van der Waals surface area (Å²) in [5, 5.41) is 4.71. The van der Waals surface area contributed by atoms with E-state index in [9.17, 15) is 9.59 Å². The van der Waals surface area contributed by atoms with Crippen LogP contribution in [0.5, 0.6) is 0 Å². The van der Waals surface area contributed by atoms with Gasteiger partial charge in [0, 0.05) is 68.3 Å². The van der Waals surface area contributed by atoms with Crippen molar-refractivity contribution >= 4 is 35.0 Å². The van der Waals surface area contributed by atoms with Gasteiger partial charge in [0.2, 0.25) is 11.8 Å². The summed E-state index contributed by atoms with van der Waals surface area (Å²) in [6.45, 7) is 7.76. The largest absolute Gasteiger partial charge is 0.381 e. The number of ether oxygens (including phenoxy) is 1. The lowest BCUT2D eigenvalue weighted by Gasteiger charge is -2.40. The van der Waals surface area contributed by atoms with E-state index in [1.165, 1.54) is 0 Å². The van der Waals surface area contributed by atoms with Gasteiger partial charge in [-0.3, -0.25) is 9.59 Å². The zero-order chi connectivity index (χ0) is 21.0. The van der Waals surface area contributed by atoms with Crippen LogP contribution in [0.15, 0.2) is 18.2 Å². The molecule has 160 valence electrons. The molecular weight excluding hydrogens is 413 g/mol. The highest BCUT2D eigenvalue weighted by Crippen LogP contribution is 2.39. The Kier molecular flexibility index (Phi) is 7.43. The molecule has 3 rings (SSSR count). The Labute approximate surface area is 182 Å². The Morgan fingerprint density at radius 1 is 1.14 bits per heavy atom. The van der Waals surface area contributed by atoms with Crippen LogP contribution < -0.4 is 5.32 Å². The van der Waals surface area contributed by atoms with Gasteiger partial charge in [0.15, 0.2) is 0 Å². The molecule has 2 aliphatic heterocycles. The molecule has 2 heterocycles. The quantitative estimate of drug-likeness (QED) is 0.762. The van der Waals surface area contributed by atoms with Crippen LogP contribution in [-0.4, -0.2) is 73.6 Å². The van der Waals surface area contributed by atoms with E-state index in [2.05, 4.69) is 5.32 Å². The standard InChI is InChI=1S/C21H29Cl2N3O3/c1-15(20(28)26-9-7-25(8-10-26)16(2)27)24-14-21(5-11-29-12-6-21)18-4-3-17(22)13-19(18)23/h3-4,13,15,24H,5-12,14H2,1-2H3. The second-order valence-corrected chi connectivity index (χ2v) is 8.79. The summed E-state index contributed by atoms with van der Waals surface area (Å²) in [4.78, 5) is 28.0. The maximum absolute atomic E-state index is 12.9. The van der Waals surface area contributed by atoms with Gasteiger partial charge in [-0.2, -0.15) is 0 Å². The van der Waals surface area contributed by atoms with Crippen LogP contribution in [0.25, 0.3) is 0 Å². The van der Waals surface area contributed by atoms with E-state index in [0.717, 1.165) is 18.4 Å². The molecule has 1 atom stereocenters. The molecule has 2 saturated heterocycles. The van der Waals surface area contributed by atoms with Gasteiger partial charge in [-0.15, -0.1) is 0 Å². The van der Waals surface area contributed by atoms with Crippen LogP contribution in [-0.2, 0) is 19.7 Å². The fourth-order valence-corrected chi connectivity index (χ4v) is 4.78. The topological polar surface area (TPSA) is 61.9 Å². The first-order valence-corrected chi connectivity index (χ1v) is 10.9. The number of amides is 2. The summed E-state index contributed by atoms with van der Waals surface area (Å²) in [5.74, 6) is 0.127. The van der Waals surface area contributed by atoms with Crippen molar-refractivity contribution in [2.24, 2.45) is 0 Å². The van der Waals surface area contributed by atoms with Crippen LogP contribution in [0, 0.1) is 0 Å². The van der Waals surface area contributed by atoms with Crippen LogP contribution in [0.3, 0.4) is 0 Å². The van der Waals surface area contributed by atoms with Crippen molar-refractivity contribution in [2.45, 2.75) is 38.1 Å². The number of piperazine rings is 1. The minimum absolute atomic E-state index is 0.0598. The molecule has 0 spiro atoms. The van der Waals surface area contributed by atoms with E-state index in [1.807, 2.05) is 24.0 Å². The number of rotatable bonds is 5. The number of hydrogen-bond acceptors (Lipinski definition) is 4. The molecule has 0 bridgehead atoms. The summed E-state index contributed by atoms with van der Waals surface area (Å²) in [6, 6.07) is 5.32. The summed E-state index contributed by atoms with van der Waals surface area (Å²) >= 11 is 12.6. The third-order valence-electron chi connectivity index (χ3n) is 6.11. The molecule has 1 N–H and O–H groups in total. The number of carbonyl (C=O) groups excluding carboxylic acids is 2. The number of carbonyl (C=O) groups is 2. The summed E-state index contributed by atoms with van der Waals surface area (Å²) in [6.07, 6.45) is 1.67. The Morgan fingerprint density at radius 3 is 2.34 bits per heavy atom. The van der Waals surface area contributed by atoms with Gasteiger partial charge >= 0.3 is 0 Å². The highest BCUT2D eigenvalue weighted by atomic mass is 35.5. The van der Waals surface area contributed by atoms with Gasteiger partial charge in [-0.25, -0.2) is 0 Å². The van der Waals surface area contributed by atoms with E-state index < -0.39 is 0 Å². The molecule has 1 aromatic rings. The molecule has 6 nitrogen and oxygen atoms in total. The normalized spacial score (nSPS) is 20.4. The Morgan fingerprint density at radius 2 is 1.76 bits per heavy atom. The molecule has 8 heteroatoms. The van der Waals surface area contributed by atoms with Crippen molar-refractivity contribution in [2.75, 3.05) is 45.9 Å². The van der Waals surface area contributed by atoms with E-state index in [1.54, 1.807) is 17.9 Å². The van der Waals surface area contributed by atoms with Crippen molar-refractivity contribution in [1.29, 1.82) is 0 Å². The number of halogens is 2. The fraction of sp³-hybridized carbons (Fsp3) is 0.619. The molecule has 2 amide bonds. The van der Waals surface area contributed by atoms with Gasteiger partial charge in [0.25, 0.3) is 0 Å². The Bertz CT molecular complexity index is 745. The molecule has 0 radical (unpaired) electrons. The van der Waals surface area contributed by atoms with E-state index in [4.69, 9.17) is 27.9 Å². The second-order valence-electron chi connectivity index (χ2n) is 7.95. The van der Waals surface area contributed by atoms with E-state index in [-0.39, 0.29) is 23.3 Å². The Balaban J connectivity index is 1.65. The lowest BCUT2D eigenvalue weighted by Crippen LogP contribution is -2.55. The molecular formula is C21H29Cl2N3O3. The fourth-order valence-electron chi connectivity index (χ4n) is 4.17. The zero-order valence-corrected chi connectivity index (χ0v) is 18.6. The molecule has 29 heavy (non-hydrogen) atoms. The molecule has 0 aromatic heterocycles. The first-order valence-electron chi connectivity index (χ1n) is 10.1. The zero-order valence-electron chi connectivity index (χ0n) is 17.0. The third-order valence-corrected chi connectivity index (χ3v) is 6.65.